The van der Waals surface area contributed by atoms with E-state index in [0.29, 0.717) is 5.75 Å². The quantitative estimate of drug-likeness (QED) is 0.829. The molecule has 2 N–H and O–H groups in total. The third-order valence-electron chi connectivity index (χ3n) is 2.48. The maximum Gasteiger partial charge on any atom is 0.148 e. The Balaban J connectivity index is 2.14. The Labute approximate surface area is 94.5 Å². The van der Waals surface area contributed by atoms with Gasteiger partial charge in [-0.05, 0) is 13.0 Å². The molecule has 0 saturated heterocycles. The summed E-state index contributed by atoms with van der Waals surface area (Å²) in [6.07, 6.45) is 1.87. The van der Waals surface area contributed by atoms with Gasteiger partial charge >= 0.3 is 0 Å². The van der Waals surface area contributed by atoms with Crippen LogP contribution >= 0.6 is 0 Å². The number of hydrogen-bond donors (Lipinski definition) is 2. The molecule has 1 atom stereocenters. The van der Waals surface area contributed by atoms with E-state index in [1.165, 1.54) is 0 Å². The lowest BCUT2D eigenvalue weighted by Crippen LogP contribution is -2.07. The van der Waals surface area contributed by atoms with E-state index >= 15 is 0 Å². The summed E-state index contributed by atoms with van der Waals surface area (Å²) in [6, 6.07) is 9.23. The van der Waals surface area contributed by atoms with Crippen LogP contribution < -0.4 is 5.32 Å². The van der Waals surface area contributed by atoms with Crippen molar-refractivity contribution in [3.63, 3.8) is 0 Å². The number of benzene rings is 1. The number of aromatic hydroxyl groups is 1. The van der Waals surface area contributed by atoms with Crippen molar-refractivity contribution >= 4 is 5.82 Å². The van der Waals surface area contributed by atoms with Crippen LogP contribution in [0.1, 0.15) is 18.5 Å². The van der Waals surface area contributed by atoms with Crippen molar-refractivity contribution in [3.05, 3.63) is 42.1 Å². The average molecular weight is 217 g/mol. The molecule has 0 aliphatic heterocycles. The minimum atomic E-state index is 0.0242. The molecule has 0 saturated carbocycles. The molecule has 0 amide bonds. The summed E-state index contributed by atoms with van der Waals surface area (Å²) in [4.78, 5) is 0. The predicted molar refractivity (Wildman–Crippen MR) is 63.4 cm³/mol. The summed E-state index contributed by atoms with van der Waals surface area (Å²) in [5.41, 5.74) is 0.869. The highest BCUT2D eigenvalue weighted by Gasteiger charge is 2.10. The van der Waals surface area contributed by atoms with Crippen molar-refractivity contribution in [2.45, 2.75) is 13.0 Å². The molecule has 1 heterocycles. The Morgan fingerprint density at radius 2 is 2.06 bits per heavy atom. The second-order valence-electron chi connectivity index (χ2n) is 3.80. The van der Waals surface area contributed by atoms with E-state index in [2.05, 4.69) is 10.4 Å². The highest BCUT2D eigenvalue weighted by Crippen LogP contribution is 2.25. The first-order valence-corrected chi connectivity index (χ1v) is 5.21. The van der Waals surface area contributed by atoms with Gasteiger partial charge in [-0.3, -0.25) is 4.68 Å². The number of rotatable bonds is 3. The number of phenols is 1. The number of nitrogens with zero attached hydrogens (tertiary/aromatic N) is 2. The predicted octanol–water partition coefficient (Wildman–Crippen LogP) is 2.30. The fraction of sp³-hybridized carbons (Fsp3) is 0.250. The highest BCUT2D eigenvalue weighted by atomic mass is 16.3. The Hall–Kier alpha value is -1.97. The molecular formula is C12H15N3O. The minimum Gasteiger partial charge on any atom is -0.508 e. The van der Waals surface area contributed by atoms with Crippen LogP contribution in [0.2, 0.25) is 0 Å². The van der Waals surface area contributed by atoms with Crippen LogP contribution in [0.5, 0.6) is 5.75 Å². The Kier molecular flexibility index (Phi) is 2.81. The lowest BCUT2D eigenvalue weighted by molar-refractivity contribution is 0.465. The first-order valence-electron chi connectivity index (χ1n) is 5.21. The normalized spacial score (nSPS) is 12.4. The first-order chi connectivity index (χ1) is 7.66. The molecule has 0 radical (unpaired) electrons. The van der Waals surface area contributed by atoms with Gasteiger partial charge in [-0.1, -0.05) is 18.2 Å². The summed E-state index contributed by atoms with van der Waals surface area (Å²) in [6.45, 7) is 1.99. The van der Waals surface area contributed by atoms with Crippen molar-refractivity contribution in [1.29, 1.82) is 0 Å². The lowest BCUT2D eigenvalue weighted by atomic mass is 10.1. The number of nitrogens with one attached hydrogen (secondary N) is 1. The van der Waals surface area contributed by atoms with E-state index in [0.717, 1.165) is 11.4 Å². The lowest BCUT2D eigenvalue weighted by Gasteiger charge is -2.14. The topological polar surface area (TPSA) is 50.1 Å². The van der Waals surface area contributed by atoms with Crippen LogP contribution in [-0.4, -0.2) is 14.9 Å². The molecule has 1 aromatic heterocycles. The second kappa shape index (κ2) is 4.26. The van der Waals surface area contributed by atoms with Gasteiger partial charge in [0.15, 0.2) is 0 Å². The van der Waals surface area contributed by atoms with Crippen molar-refractivity contribution in [3.8, 4) is 5.75 Å². The molecule has 84 valence electrons. The van der Waals surface area contributed by atoms with E-state index in [1.54, 1.807) is 10.7 Å². The molecule has 16 heavy (non-hydrogen) atoms. The van der Waals surface area contributed by atoms with Gasteiger partial charge in [0, 0.05) is 24.9 Å². The summed E-state index contributed by atoms with van der Waals surface area (Å²) in [7, 11) is 1.87. The monoisotopic (exact) mass is 217 g/mol. The summed E-state index contributed by atoms with van der Waals surface area (Å²) in [5, 5.41) is 17.2. The SMILES string of the molecule is CC(Nc1ccn(C)n1)c1ccccc1O. The van der Waals surface area contributed by atoms with Crippen LogP contribution in [0.25, 0.3) is 0 Å². The van der Waals surface area contributed by atoms with E-state index in [-0.39, 0.29) is 6.04 Å². The zero-order valence-corrected chi connectivity index (χ0v) is 9.38. The average Bonchev–Trinajstić information content (AvgIpc) is 2.64. The molecule has 0 aliphatic rings. The van der Waals surface area contributed by atoms with Crippen LogP contribution in [-0.2, 0) is 7.05 Å². The van der Waals surface area contributed by atoms with Crippen LogP contribution in [0, 0.1) is 0 Å². The number of aryl methyl sites for hydroxylation is 1. The smallest absolute Gasteiger partial charge is 0.148 e. The molecule has 0 bridgehead atoms. The zero-order chi connectivity index (χ0) is 11.5. The maximum atomic E-state index is 9.70. The van der Waals surface area contributed by atoms with Crippen LogP contribution in [0.4, 0.5) is 5.82 Å². The fourth-order valence-corrected chi connectivity index (χ4v) is 1.65. The Morgan fingerprint density at radius 3 is 2.69 bits per heavy atom. The second-order valence-corrected chi connectivity index (χ2v) is 3.80. The summed E-state index contributed by atoms with van der Waals surface area (Å²) in [5.74, 6) is 1.11. The van der Waals surface area contributed by atoms with Gasteiger partial charge in [-0.2, -0.15) is 5.10 Å². The maximum absolute atomic E-state index is 9.70. The van der Waals surface area contributed by atoms with Crippen molar-refractivity contribution in [2.75, 3.05) is 5.32 Å². The van der Waals surface area contributed by atoms with Gasteiger partial charge < -0.3 is 10.4 Å². The standard InChI is InChI=1S/C12H15N3O/c1-9(10-5-3-4-6-11(10)16)13-12-7-8-15(2)14-12/h3-9,16H,1-2H3,(H,13,14). The number of phenolic OH excluding ortho intramolecular Hbond substituents is 1. The third kappa shape index (κ3) is 2.16. The number of hydrogen-bond acceptors (Lipinski definition) is 3. The molecule has 1 aromatic carbocycles. The van der Waals surface area contributed by atoms with Gasteiger partial charge in [0.05, 0.1) is 6.04 Å². The molecule has 1 unspecified atom stereocenters. The van der Waals surface area contributed by atoms with Crippen LogP contribution in [0.3, 0.4) is 0 Å². The van der Waals surface area contributed by atoms with Crippen molar-refractivity contribution in [2.24, 2.45) is 7.05 Å². The summed E-state index contributed by atoms with van der Waals surface area (Å²) >= 11 is 0. The largest absolute Gasteiger partial charge is 0.508 e. The molecule has 2 rings (SSSR count). The number of aromatic nitrogens is 2. The molecule has 2 aromatic rings. The van der Waals surface area contributed by atoms with E-state index in [1.807, 2.05) is 44.4 Å². The molecule has 4 heteroatoms. The van der Waals surface area contributed by atoms with Gasteiger partial charge in [0.25, 0.3) is 0 Å². The molecular weight excluding hydrogens is 202 g/mol. The van der Waals surface area contributed by atoms with E-state index < -0.39 is 0 Å². The van der Waals surface area contributed by atoms with Gasteiger partial charge in [-0.25, -0.2) is 0 Å². The Morgan fingerprint density at radius 1 is 1.31 bits per heavy atom. The van der Waals surface area contributed by atoms with E-state index in [4.69, 9.17) is 0 Å². The highest BCUT2D eigenvalue weighted by molar-refractivity contribution is 5.41. The molecule has 4 nitrogen and oxygen atoms in total. The first kappa shape index (κ1) is 10.5. The third-order valence-corrected chi connectivity index (χ3v) is 2.48. The Bertz CT molecular complexity index is 479. The fourth-order valence-electron chi connectivity index (χ4n) is 1.65. The van der Waals surface area contributed by atoms with Gasteiger partial charge in [0.1, 0.15) is 11.6 Å². The molecule has 0 fully saturated rings. The van der Waals surface area contributed by atoms with Gasteiger partial charge in [-0.15, -0.1) is 0 Å². The van der Waals surface area contributed by atoms with E-state index in [9.17, 15) is 5.11 Å². The van der Waals surface area contributed by atoms with Crippen molar-refractivity contribution in [1.82, 2.24) is 9.78 Å². The van der Waals surface area contributed by atoms with Crippen molar-refractivity contribution < 1.29 is 5.11 Å². The number of para-hydroxylation sites is 1. The van der Waals surface area contributed by atoms with Crippen LogP contribution in [0.15, 0.2) is 36.5 Å². The van der Waals surface area contributed by atoms with Gasteiger partial charge in [0.2, 0.25) is 0 Å². The number of anilines is 1. The minimum absolute atomic E-state index is 0.0242. The molecule has 0 aliphatic carbocycles. The zero-order valence-electron chi connectivity index (χ0n) is 9.38. The summed E-state index contributed by atoms with van der Waals surface area (Å²) < 4.78 is 1.74. The molecule has 0 spiro atoms.